The minimum atomic E-state index is -3.36. The second-order valence-corrected chi connectivity index (χ2v) is 7.94. The number of anilines is 1. The molecular formula is C15H23N3O2S. The van der Waals surface area contributed by atoms with Crippen LogP contribution in [0.2, 0.25) is 0 Å². The number of sulfonamides is 1. The van der Waals surface area contributed by atoms with Gasteiger partial charge in [0.1, 0.15) is 10.7 Å². The van der Waals surface area contributed by atoms with Gasteiger partial charge in [-0.3, -0.25) is 0 Å². The molecule has 0 amide bonds. The molecule has 1 aliphatic heterocycles. The first kappa shape index (κ1) is 14.8. The molecule has 0 bridgehead atoms. The molecule has 1 aromatic heterocycles. The van der Waals surface area contributed by atoms with Gasteiger partial charge in [0.15, 0.2) is 0 Å². The molecule has 1 aliphatic carbocycles. The standard InChI is InChI=1S/C15H23N3O2S/c19-21(20,18-10-2-1-3-11-18)14-6-7-15(17-12-14)16-9-8-13-4-5-13/h6-7,12-13H,1-5,8-11H2,(H,16,17). The van der Waals surface area contributed by atoms with E-state index in [2.05, 4.69) is 10.3 Å². The fraction of sp³-hybridized carbons (Fsp3) is 0.667. The fourth-order valence-corrected chi connectivity index (χ4v) is 4.17. The average molecular weight is 309 g/mol. The number of piperidine rings is 1. The van der Waals surface area contributed by atoms with Crippen molar-refractivity contribution in [1.29, 1.82) is 0 Å². The van der Waals surface area contributed by atoms with Gasteiger partial charge in [0.2, 0.25) is 10.0 Å². The largest absolute Gasteiger partial charge is 0.370 e. The third-order valence-corrected chi connectivity index (χ3v) is 6.13. The minimum Gasteiger partial charge on any atom is -0.370 e. The van der Waals surface area contributed by atoms with E-state index < -0.39 is 10.0 Å². The molecule has 0 unspecified atom stereocenters. The Hall–Kier alpha value is -1.14. The predicted molar refractivity (Wildman–Crippen MR) is 82.7 cm³/mol. The Labute approximate surface area is 126 Å². The third-order valence-electron chi connectivity index (χ3n) is 4.24. The summed E-state index contributed by atoms with van der Waals surface area (Å²) in [5.74, 6) is 1.64. The van der Waals surface area contributed by atoms with Crippen LogP contribution in [0.5, 0.6) is 0 Å². The van der Waals surface area contributed by atoms with Crippen LogP contribution in [0, 0.1) is 5.92 Å². The molecule has 0 spiro atoms. The maximum absolute atomic E-state index is 12.5. The van der Waals surface area contributed by atoms with Gasteiger partial charge in [0.25, 0.3) is 0 Å². The van der Waals surface area contributed by atoms with Gasteiger partial charge >= 0.3 is 0 Å². The highest BCUT2D eigenvalue weighted by atomic mass is 32.2. The highest BCUT2D eigenvalue weighted by Crippen LogP contribution is 2.32. The van der Waals surface area contributed by atoms with Crippen molar-refractivity contribution >= 4 is 15.8 Å². The van der Waals surface area contributed by atoms with Gasteiger partial charge in [0, 0.05) is 25.8 Å². The molecule has 0 radical (unpaired) electrons. The second kappa shape index (κ2) is 6.32. The second-order valence-electron chi connectivity index (χ2n) is 6.00. The number of aromatic nitrogens is 1. The van der Waals surface area contributed by atoms with Crippen LogP contribution < -0.4 is 5.32 Å². The Morgan fingerprint density at radius 3 is 2.57 bits per heavy atom. The monoisotopic (exact) mass is 309 g/mol. The van der Waals surface area contributed by atoms with Crippen molar-refractivity contribution in [2.24, 2.45) is 5.92 Å². The van der Waals surface area contributed by atoms with Crippen LogP contribution in [0.4, 0.5) is 5.82 Å². The fourth-order valence-electron chi connectivity index (χ4n) is 2.70. The molecule has 0 aromatic carbocycles. The molecular weight excluding hydrogens is 286 g/mol. The molecule has 21 heavy (non-hydrogen) atoms. The topological polar surface area (TPSA) is 62.3 Å². The Bertz CT molecular complexity index is 561. The van der Waals surface area contributed by atoms with Gasteiger partial charge in [-0.05, 0) is 37.3 Å². The average Bonchev–Trinajstić information content (AvgIpc) is 3.33. The van der Waals surface area contributed by atoms with Crippen LogP contribution in [-0.4, -0.2) is 37.3 Å². The molecule has 2 aliphatic rings. The lowest BCUT2D eigenvalue weighted by molar-refractivity contribution is 0.346. The van der Waals surface area contributed by atoms with Crippen molar-refractivity contribution in [2.75, 3.05) is 25.0 Å². The van der Waals surface area contributed by atoms with Crippen LogP contribution >= 0.6 is 0 Å². The summed E-state index contributed by atoms with van der Waals surface area (Å²) < 4.78 is 26.5. The zero-order valence-electron chi connectivity index (χ0n) is 12.3. The van der Waals surface area contributed by atoms with Gasteiger partial charge in [-0.25, -0.2) is 13.4 Å². The number of rotatable bonds is 6. The van der Waals surface area contributed by atoms with Crippen LogP contribution in [0.1, 0.15) is 38.5 Å². The van der Waals surface area contributed by atoms with Gasteiger partial charge in [-0.2, -0.15) is 4.31 Å². The zero-order valence-corrected chi connectivity index (χ0v) is 13.1. The Morgan fingerprint density at radius 1 is 1.19 bits per heavy atom. The summed E-state index contributed by atoms with van der Waals surface area (Å²) >= 11 is 0. The molecule has 3 rings (SSSR count). The minimum absolute atomic E-state index is 0.303. The molecule has 1 N–H and O–H groups in total. The van der Waals surface area contributed by atoms with E-state index in [4.69, 9.17) is 0 Å². The summed E-state index contributed by atoms with van der Waals surface area (Å²) in [5.41, 5.74) is 0. The molecule has 2 heterocycles. The first-order chi connectivity index (χ1) is 10.2. The van der Waals surface area contributed by atoms with Crippen molar-refractivity contribution in [2.45, 2.75) is 43.4 Å². The van der Waals surface area contributed by atoms with E-state index in [0.717, 1.165) is 37.5 Å². The lowest BCUT2D eigenvalue weighted by atomic mass is 10.2. The smallest absolute Gasteiger partial charge is 0.244 e. The first-order valence-electron chi connectivity index (χ1n) is 7.86. The summed E-state index contributed by atoms with van der Waals surface area (Å²) in [5, 5.41) is 3.25. The van der Waals surface area contributed by atoms with Gasteiger partial charge in [-0.1, -0.05) is 19.3 Å². The van der Waals surface area contributed by atoms with Gasteiger partial charge < -0.3 is 5.32 Å². The highest BCUT2D eigenvalue weighted by Gasteiger charge is 2.26. The quantitative estimate of drug-likeness (QED) is 0.877. The van der Waals surface area contributed by atoms with Crippen LogP contribution in [0.25, 0.3) is 0 Å². The first-order valence-corrected chi connectivity index (χ1v) is 9.30. The molecule has 2 fully saturated rings. The third kappa shape index (κ3) is 3.74. The SMILES string of the molecule is O=S(=O)(c1ccc(NCCC2CC2)nc1)N1CCCCC1. The molecule has 5 nitrogen and oxygen atoms in total. The van der Waals surface area contributed by atoms with Crippen LogP contribution in [0.15, 0.2) is 23.2 Å². The molecule has 1 saturated carbocycles. The summed E-state index contributed by atoms with van der Waals surface area (Å²) in [6, 6.07) is 3.43. The maximum atomic E-state index is 12.5. The lowest BCUT2D eigenvalue weighted by Gasteiger charge is -2.25. The molecule has 1 saturated heterocycles. The van der Waals surface area contributed by atoms with Gasteiger partial charge in [0.05, 0.1) is 0 Å². The van der Waals surface area contributed by atoms with E-state index >= 15 is 0 Å². The van der Waals surface area contributed by atoms with Crippen LogP contribution in [-0.2, 0) is 10.0 Å². The van der Waals surface area contributed by atoms with E-state index in [-0.39, 0.29) is 0 Å². The number of hydrogen-bond acceptors (Lipinski definition) is 4. The Kier molecular flexibility index (Phi) is 4.45. The van der Waals surface area contributed by atoms with Gasteiger partial charge in [-0.15, -0.1) is 0 Å². The number of pyridine rings is 1. The number of hydrogen-bond donors (Lipinski definition) is 1. The maximum Gasteiger partial charge on any atom is 0.244 e. The number of nitrogens with one attached hydrogen (secondary N) is 1. The normalized spacial score (nSPS) is 20.4. The zero-order chi connectivity index (χ0) is 14.7. The van der Waals surface area contributed by atoms with E-state index in [0.29, 0.717) is 18.0 Å². The molecule has 0 atom stereocenters. The highest BCUT2D eigenvalue weighted by molar-refractivity contribution is 7.89. The molecule has 1 aromatic rings. The Balaban J connectivity index is 1.61. The van der Waals surface area contributed by atoms with E-state index in [9.17, 15) is 8.42 Å². The van der Waals surface area contributed by atoms with Crippen LogP contribution in [0.3, 0.4) is 0 Å². The summed E-state index contributed by atoms with van der Waals surface area (Å²) in [6.07, 6.45) is 8.37. The molecule has 6 heteroatoms. The van der Waals surface area contributed by atoms with E-state index in [1.165, 1.54) is 25.5 Å². The van der Waals surface area contributed by atoms with Crippen molar-refractivity contribution in [3.8, 4) is 0 Å². The Morgan fingerprint density at radius 2 is 1.95 bits per heavy atom. The summed E-state index contributed by atoms with van der Waals surface area (Å²) in [7, 11) is -3.36. The number of nitrogens with zero attached hydrogens (tertiary/aromatic N) is 2. The molecule has 116 valence electrons. The summed E-state index contributed by atoms with van der Waals surface area (Å²) in [4.78, 5) is 4.54. The predicted octanol–water partition coefficient (Wildman–Crippen LogP) is 2.47. The van der Waals surface area contributed by atoms with Crippen molar-refractivity contribution in [3.05, 3.63) is 18.3 Å². The van der Waals surface area contributed by atoms with E-state index in [1.54, 1.807) is 16.4 Å². The van der Waals surface area contributed by atoms with Crippen molar-refractivity contribution in [1.82, 2.24) is 9.29 Å². The van der Waals surface area contributed by atoms with Crippen molar-refractivity contribution < 1.29 is 8.42 Å². The lowest BCUT2D eigenvalue weighted by Crippen LogP contribution is -2.35. The van der Waals surface area contributed by atoms with Crippen molar-refractivity contribution in [3.63, 3.8) is 0 Å². The van der Waals surface area contributed by atoms with E-state index in [1.807, 2.05) is 0 Å². The summed E-state index contributed by atoms with van der Waals surface area (Å²) in [6.45, 7) is 2.17.